The van der Waals surface area contributed by atoms with Crippen molar-refractivity contribution in [2.24, 2.45) is 23.2 Å². The summed E-state index contributed by atoms with van der Waals surface area (Å²) in [6.07, 6.45) is 2.71. The first-order valence-electron chi connectivity index (χ1n) is 9.65. The average molecular weight is 363 g/mol. The SMILES string of the molecule is CC(C)NC(=O)Cn1ncc(N[C@@H]2C[C@H](C)C(C)(C)[C@H](C)[C@H]2C)cc1=O. The maximum atomic E-state index is 12.3. The van der Waals surface area contributed by atoms with Gasteiger partial charge in [-0.15, -0.1) is 0 Å². The molecule has 0 unspecified atom stereocenters. The summed E-state index contributed by atoms with van der Waals surface area (Å²) >= 11 is 0. The van der Waals surface area contributed by atoms with Gasteiger partial charge in [0.25, 0.3) is 5.56 Å². The minimum Gasteiger partial charge on any atom is -0.381 e. The number of nitrogens with zero attached hydrogens (tertiary/aromatic N) is 2. The number of nitrogens with one attached hydrogen (secondary N) is 2. The van der Waals surface area contributed by atoms with Gasteiger partial charge in [0.1, 0.15) is 6.54 Å². The van der Waals surface area contributed by atoms with Gasteiger partial charge in [-0.25, -0.2) is 4.68 Å². The molecule has 6 nitrogen and oxygen atoms in total. The van der Waals surface area contributed by atoms with Crippen molar-refractivity contribution in [3.63, 3.8) is 0 Å². The standard InChI is InChI=1S/C20H34N4O2/c1-12(2)22-18(25)11-24-19(26)9-16(10-21-24)23-17-8-13(3)20(6,7)15(5)14(17)4/h9-10,12-15,17,23H,8,11H2,1-7H3,(H,22,25)/t13-,14+,15+,17+/m0/s1. The number of carbonyl (C=O) groups is 1. The Labute approximate surface area is 156 Å². The van der Waals surface area contributed by atoms with E-state index >= 15 is 0 Å². The van der Waals surface area contributed by atoms with Crippen LogP contribution in [0.4, 0.5) is 5.69 Å². The third kappa shape index (κ3) is 4.46. The molecule has 0 aromatic carbocycles. The topological polar surface area (TPSA) is 76.0 Å². The average Bonchev–Trinajstić information content (AvgIpc) is 2.53. The van der Waals surface area contributed by atoms with Crippen LogP contribution in [0.3, 0.4) is 0 Å². The molecule has 6 heteroatoms. The molecule has 1 fully saturated rings. The third-order valence-corrected chi connectivity index (χ3v) is 6.44. The zero-order valence-corrected chi connectivity index (χ0v) is 17.2. The second kappa shape index (κ2) is 7.80. The Hall–Kier alpha value is -1.85. The molecule has 0 spiro atoms. The summed E-state index contributed by atoms with van der Waals surface area (Å²) in [4.78, 5) is 24.1. The highest BCUT2D eigenvalue weighted by Gasteiger charge is 2.43. The Kier molecular flexibility index (Phi) is 6.14. The summed E-state index contributed by atoms with van der Waals surface area (Å²) in [5.41, 5.74) is 0.772. The van der Waals surface area contributed by atoms with Crippen LogP contribution in [-0.2, 0) is 11.3 Å². The number of hydrogen-bond donors (Lipinski definition) is 2. The normalized spacial score (nSPS) is 28.0. The summed E-state index contributed by atoms with van der Waals surface area (Å²) in [6.45, 7) is 15.3. The Morgan fingerprint density at radius 1 is 1.35 bits per heavy atom. The number of carbonyl (C=O) groups excluding carboxylic acids is 1. The Morgan fingerprint density at radius 2 is 2.00 bits per heavy atom. The minimum absolute atomic E-state index is 0.0418. The van der Waals surface area contributed by atoms with E-state index in [0.29, 0.717) is 29.2 Å². The predicted octanol–water partition coefficient (Wildman–Crippen LogP) is 2.89. The molecule has 0 radical (unpaired) electrons. The molecule has 0 bridgehead atoms. The number of rotatable bonds is 5. The molecule has 1 heterocycles. The number of anilines is 1. The van der Waals surface area contributed by atoms with Crippen LogP contribution in [0.5, 0.6) is 0 Å². The molecule has 1 amide bonds. The number of hydrogen-bond acceptors (Lipinski definition) is 4. The molecule has 2 N–H and O–H groups in total. The van der Waals surface area contributed by atoms with E-state index in [-0.39, 0.29) is 24.1 Å². The molecule has 1 saturated carbocycles. The van der Waals surface area contributed by atoms with Gasteiger partial charge in [0.05, 0.1) is 11.9 Å². The maximum Gasteiger partial charge on any atom is 0.269 e. The predicted molar refractivity (Wildman–Crippen MR) is 105 cm³/mol. The van der Waals surface area contributed by atoms with Crippen LogP contribution in [0.2, 0.25) is 0 Å². The molecular formula is C20H34N4O2. The van der Waals surface area contributed by atoms with Gasteiger partial charge < -0.3 is 10.6 Å². The molecule has 1 aromatic rings. The Bertz CT molecular complexity index is 695. The van der Waals surface area contributed by atoms with Crippen LogP contribution in [0.1, 0.15) is 54.9 Å². The summed E-state index contributed by atoms with van der Waals surface area (Å²) in [7, 11) is 0. The van der Waals surface area contributed by atoms with Gasteiger partial charge >= 0.3 is 0 Å². The van der Waals surface area contributed by atoms with Crippen LogP contribution in [-0.4, -0.2) is 27.8 Å². The Morgan fingerprint density at radius 3 is 2.58 bits per heavy atom. The monoisotopic (exact) mass is 362 g/mol. The van der Waals surface area contributed by atoms with Gasteiger partial charge in [-0.05, 0) is 43.4 Å². The van der Waals surface area contributed by atoms with E-state index in [9.17, 15) is 9.59 Å². The Balaban J connectivity index is 2.08. The number of aromatic nitrogens is 2. The van der Waals surface area contributed by atoms with Gasteiger partial charge in [-0.1, -0.05) is 34.6 Å². The van der Waals surface area contributed by atoms with Crippen molar-refractivity contribution in [3.05, 3.63) is 22.6 Å². The van der Waals surface area contributed by atoms with Crippen LogP contribution in [0.15, 0.2) is 17.1 Å². The van der Waals surface area contributed by atoms with Gasteiger partial charge in [-0.3, -0.25) is 9.59 Å². The highest BCUT2D eigenvalue weighted by atomic mass is 16.2. The fraction of sp³-hybridized carbons (Fsp3) is 0.750. The molecule has 1 aromatic heterocycles. The molecule has 1 aliphatic carbocycles. The second-order valence-electron chi connectivity index (χ2n) is 8.82. The lowest BCUT2D eigenvalue weighted by Crippen LogP contribution is -2.48. The van der Waals surface area contributed by atoms with E-state index in [1.54, 1.807) is 6.20 Å². The maximum absolute atomic E-state index is 12.3. The lowest BCUT2D eigenvalue weighted by atomic mass is 9.58. The molecule has 0 saturated heterocycles. The molecule has 26 heavy (non-hydrogen) atoms. The van der Waals surface area contributed by atoms with Crippen LogP contribution >= 0.6 is 0 Å². The lowest BCUT2D eigenvalue weighted by molar-refractivity contribution is -0.122. The zero-order valence-electron chi connectivity index (χ0n) is 17.2. The van der Waals surface area contributed by atoms with Crippen molar-refractivity contribution in [1.29, 1.82) is 0 Å². The molecule has 146 valence electrons. The highest BCUT2D eigenvalue weighted by molar-refractivity contribution is 5.75. The molecule has 1 aliphatic rings. The van der Waals surface area contributed by atoms with Crippen molar-refractivity contribution >= 4 is 11.6 Å². The van der Waals surface area contributed by atoms with Crippen LogP contribution in [0, 0.1) is 23.2 Å². The van der Waals surface area contributed by atoms with Crippen molar-refractivity contribution in [2.75, 3.05) is 5.32 Å². The van der Waals surface area contributed by atoms with Crippen LogP contribution in [0.25, 0.3) is 0 Å². The summed E-state index contributed by atoms with van der Waals surface area (Å²) in [6, 6.07) is 1.90. The largest absolute Gasteiger partial charge is 0.381 e. The first-order valence-corrected chi connectivity index (χ1v) is 9.65. The fourth-order valence-corrected chi connectivity index (χ4v) is 3.91. The third-order valence-electron chi connectivity index (χ3n) is 6.44. The molecule has 0 aliphatic heterocycles. The molecule has 2 rings (SSSR count). The van der Waals surface area contributed by atoms with Crippen molar-refractivity contribution < 1.29 is 4.79 Å². The summed E-state index contributed by atoms with van der Waals surface area (Å²) in [5, 5.41) is 10.4. The van der Waals surface area contributed by atoms with Gasteiger partial charge in [-0.2, -0.15) is 5.10 Å². The van der Waals surface area contributed by atoms with Crippen LogP contribution < -0.4 is 16.2 Å². The van der Waals surface area contributed by atoms with E-state index in [2.05, 4.69) is 50.4 Å². The second-order valence-corrected chi connectivity index (χ2v) is 8.82. The summed E-state index contributed by atoms with van der Waals surface area (Å²) < 4.78 is 1.20. The number of amides is 1. The smallest absolute Gasteiger partial charge is 0.269 e. The fourth-order valence-electron chi connectivity index (χ4n) is 3.91. The summed E-state index contributed by atoms with van der Waals surface area (Å²) in [5.74, 6) is 1.47. The first-order chi connectivity index (χ1) is 12.0. The van der Waals surface area contributed by atoms with Crippen molar-refractivity contribution in [3.8, 4) is 0 Å². The minimum atomic E-state index is -0.265. The van der Waals surface area contributed by atoms with Crippen molar-refractivity contribution in [1.82, 2.24) is 15.1 Å². The van der Waals surface area contributed by atoms with Crippen molar-refractivity contribution in [2.45, 2.75) is 73.5 Å². The highest BCUT2D eigenvalue weighted by Crippen LogP contribution is 2.47. The zero-order chi connectivity index (χ0) is 19.6. The van der Waals surface area contributed by atoms with Gasteiger partial charge in [0.15, 0.2) is 0 Å². The lowest BCUT2D eigenvalue weighted by Gasteiger charge is -2.50. The van der Waals surface area contributed by atoms with Gasteiger partial charge in [0.2, 0.25) is 5.91 Å². The quantitative estimate of drug-likeness (QED) is 0.844. The van der Waals surface area contributed by atoms with E-state index in [1.165, 1.54) is 10.7 Å². The molecular weight excluding hydrogens is 328 g/mol. The molecule has 4 atom stereocenters. The van der Waals surface area contributed by atoms with E-state index in [0.717, 1.165) is 12.1 Å². The first kappa shape index (κ1) is 20.5. The van der Waals surface area contributed by atoms with E-state index in [4.69, 9.17) is 0 Å². The van der Waals surface area contributed by atoms with E-state index < -0.39 is 0 Å². The van der Waals surface area contributed by atoms with E-state index in [1.807, 2.05) is 13.8 Å². The van der Waals surface area contributed by atoms with Gasteiger partial charge in [0, 0.05) is 18.2 Å².